The molecule has 74 valence electrons. The average molecular weight is 197 g/mol. The van der Waals surface area contributed by atoms with E-state index in [1.165, 1.54) is 45.2 Å². The molecule has 0 amide bonds. The molecule has 3 aliphatic rings. The van der Waals surface area contributed by atoms with E-state index in [-0.39, 0.29) is 0 Å². The van der Waals surface area contributed by atoms with E-state index in [0.717, 1.165) is 17.7 Å². The highest BCUT2D eigenvalue weighted by atomic mass is 32.1. The maximum absolute atomic E-state index is 4.48. The van der Waals surface area contributed by atoms with Gasteiger partial charge >= 0.3 is 0 Å². The lowest BCUT2D eigenvalue weighted by Gasteiger charge is -2.30. The molecule has 1 aliphatic heterocycles. The van der Waals surface area contributed by atoms with E-state index in [2.05, 4.69) is 17.5 Å². The molecule has 0 aromatic heterocycles. The van der Waals surface area contributed by atoms with Gasteiger partial charge in [0.05, 0.1) is 0 Å². The summed E-state index contributed by atoms with van der Waals surface area (Å²) < 4.78 is 0. The summed E-state index contributed by atoms with van der Waals surface area (Å²) in [4.78, 5) is 2.76. The molecule has 2 aliphatic carbocycles. The van der Waals surface area contributed by atoms with Crippen LogP contribution in [-0.2, 0) is 0 Å². The highest BCUT2D eigenvalue weighted by molar-refractivity contribution is 7.80. The topological polar surface area (TPSA) is 3.24 Å². The Morgan fingerprint density at radius 1 is 1.31 bits per heavy atom. The second kappa shape index (κ2) is 2.90. The molecule has 1 nitrogen and oxygen atoms in total. The summed E-state index contributed by atoms with van der Waals surface area (Å²) in [6, 6.07) is 0.961. The molecule has 2 saturated carbocycles. The van der Waals surface area contributed by atoms with E-state index in [0.29, 0.717) is 5.41 Å². The van der Waals surface area contributed by atoms with Gasteiger partial charge < -0.3 is 0 Å². The zero-order valence-electron chi connectivity index (χ0n) is 8.21. The Balaban J connectivity index is 1.62. The molecule has 0 aromatic rings. The van der Waals surface area contributed by atoms with Crippen LogP contribution in [0.2, 0.25) is 0 Å². The van der Waals surface area contributed by atoms with E-state index >= 15 is 0 Å². The normalized spacial score (nSPS) is 41.3. The van der Waals surface area contributed by atoms with Crippen molar-refractivity contribution in [3.8, 4) is 0 Å². The first-order valence-electron chi connectivity index (χ1n) is 5.66. The molecule has 0 radical (unpaired) electrons. The number of hydrogen-bond donors (Lipinski definition) is 1. The predicted octanol–water partition coefficient (Wildman–Crippen LogP) is 2.18. The van der Waals surface area contributed by atoms with Gasteiger partial charge in [-0.3, -0.25) is 4.90 Å². The van der Waals surface area contributed by atoms with Crippen LogP contribution in [0.1, 0.15) is 32.1 Å². The zero-order chi connectivity index (χ0) is 8.89. The van der Waals surface area contributed by atoms with Gasteiger partial charge in [-0.15, -0.1) is 0 Å². The molecule has 2 atom stereocenters. The molecule has 2 unspecified atom stereocenters. The summed E-state index contributed by atoms with van der Waals surface area (Å²) in [6.07, 6.45) is 7.36. The van der Waals surface area contributed by atoms with Crippen LogP contribution in [0, 0.1) is 11.3 Å². The minimum Gasteiger partial charge on any atom is -0.300 e. The second-order valence-corrected chi connectivity index (χ2v) is 5.74. The molecule has 0 aromatic carbocycles. The SMILES string of the molecule is SCC1(CN2CC3CCC2C3)CC1. The van der Waals surface area contributed by atoms with Crippen molar-refractivity contribution in [3.05, 3.63) is 0 Å². The van der Waals surface area contributed by atoms with Gasteiger partial charge in [0, 0.05) is 19.1 Å². The van der Waals surface area contributed by atoms with Crippen molar-refractivity contribution in [1.29, 1.82) is 0 Å². The maximum Gasteiger partial charge on any atom is 0.00988 e. The van der Waals surface area contributed by atoms with Gasteiger partial charge in [0.2, 0.25) is 0 Å². The minimum atomic E-state index is 0.646. The number of thiol groups is 1. The van der Waals surface area contributed by atoms with Gasteiger partial charge in [-0.05, 0) is 49.2 Å². The highest BCUT2D eigenvalue weighted by Crippen LogP contribution is 2.49. The molecular formula is C11H19NS. The molecule has 1 heterocycles. The third kappa shape index (κ3) is 1.42. The number of likely N-dealkylation sites (tertiary alicyclic amines) is 1. The Morgan fingerprint density at radius 3 is 2.62 bits per heavy atom. The van der Waals surface area contributed by atoms with Gasteiger partial charge in [0.1, 0.15) is 0 Å². The smallest absolute Gasteiger partial charge is 0.00988 e. The van der Waals surface area contributed by atoms with E-state index in [1.807, 2.05) is 0 Å². The zero-order valence-corrected chi connectivity index (χ0v) is 9.10. The molecule has 2 bridgehead atoms. The van der Waals surface area contributed by atoms with Gasteiger partial charge in [-0.1, -0.05) is 0 Å². The maximum atomic E-state index is 4.48. The van der Waals surface area contributed by atoms with Crippen LogP contribution in [0.25, 0.3) is 0 Å². The summed E-state index contributed by atoms with van der Waals surface area (Å²) in [5.41, 5.74) is 0.646. The van der Waals surface area contributed by atoms with Crippen molar-refractivity contribution in [1.82, 2.24) is 4.90 Å². The van der Waals surface area contributed by atoms with Crippen LogP contribution in [-0.4, -0.2) is 29.8 Å². The standard InChI is InChI=1S/C11H19NS/c13-8-11(3-4-11)7-12-6-9-1-2-10(12)5-9/h9-10,13H,1-8H2. The Kier molecular flexibility index (Phi) is 1.92. The molecular weight excluding hydrogens is 178 g/mol. The molecule has 3 rings (SSSR count). The third-order valence-electron chi connectivity index (χ3n) is 4.35. The van der Waals surface area contributed by atoms with E-state index in [4.69, 9.17) is 0 Å². The summed E-state index contributed by atoms with van der Waals surface area (Å²) in [5, 5.41) is 0. The fourth-order valence-electron chi connectivity index (χ4n) is 3.19. The van der Waals surface area contributed by atoms with Gasteiger partial charge in [-0.25, -0.2) is 0 Å². The predicted molar refractivity (Wildman–Crippen MR) is 58.2 cm³/mol. The summed E-state index contributed by atoms with van der Waals surface area (Å²) in [7, 11) is 0. The number of nitrogens with zero attached hydrogens (tertiary/aromatic N) is 1. The second-order valence-electron chi connectivity index (χ2n) is 5.42. The highest BCUT2D eigenvalue weighted by Gasteiger charge is 2.47. The first kappa shape index (κ1) is 8.60. The quantitative estimate of drug-likeness (QED) is 0.679. The van der Waals surface area contributed by atoms with E-state index < -0.39 is 0 Å². The molecule has 0 spiro atoms. The van der Waals surface area contributed by atoms with Crippen LogP contribution >= 0.6 is 12.6 Å². The van der Waals surface area contributed by atoms with Crippen molar-refractivity contribution in [2.24, 2.45) is 11.3 Å². The molecule has 1 saturated heterocycles. The number of hydrogen-bond acceptors (Lipinski definition) is 2. The molecule has 2 heteroatoms. The lowest BCUT2D eigenvalue weighted by Crippen LogP contribution is -2.37. The number of fused-ring (bicyclic) bond motifs is 2. The van der Waals surface area contributed by atoms with Crippen LogP contribution in [0.4, 0.5) is 0 Å². The minimum absolute atomic E-state index is 0.646. The van der Waals surface area contributed by atoms with Crippen molar-refractivity contribution in [3.63, 3.8) is 0 Å². The molecule has 3 fully saturated rings. The van der Waals surface area contributed by atoms with Crippen LogP contribution in [0.15, 0.2) is 0 Å². The monoisotopic (exact) mass is 197 g/mol. The van der Waals surface area contributed by atoms with E-state index in [9.17, 15) is 0 Å². The van der Waals surface area contributed by atoms with Gasteiger partial charge in [0.15, 0.2) is 0 Å². The largest absolute Gasteiger partial charge is 0.300 e. The lowest BCUT2D eigenvalue weighted by molar-refractivity contribution is 0.181. The fourth-order valence-corrected chi connectivity index (χ4v) is 3.61. The molecule has 13 heavy (non-hydrogen) atoms. The number of rotatable bonds is 3. The van der Waals surface area contributed by atoms with Crippen LogP contribution in [0.3, 0.4) is 0 Å². The van der Waals surface area contributed by atoms with Crippen LogP contribution < -0.4 is 0 Å². The summed E-state index contributed by atoms with van der Waals surface area (Å²) in [5.74, 6) is 2.17. The fraction of sp³-hybridized carbons (Fsp3) is 1.00. The Morgan fingerprint density at radius 2 is 2.15 bits per heavy atom. The van der Waals surface area contributed by atoms with Crippen molar-refractivity contribution < 1.29 is 0 Å². The van der Waals surface area contributed by atoms with Crippen LogP contribution in [0.5, 0.6) is 0 Å². The summed E-state index contributed by atoms with van der Waals surface area (Å²) in [6.45, 7) is 2.76. The van der Waals surface area contributed by atoms with Crippen molar-refractivity contribution in [2.75, 3.05) is 18.8 Å². The van der Waals surface area contributed by atoms with Crippen molar-refractivity contribution >= 4 is 12.6 Å². The molecule has 0 N–H and O–H groups in total. The lowest BCUT2D eigenvalue weighted by atomic mass is 10.1. The Bertz CT molecular complexity index is 212. The Labute approximate surface area is 86.3 Å². The first-order valence-corrected chi connectivity index (χ1v) is 6.29. The van der Waals surface area contributed by atoms with E-state index in [1.54, 1.807) is 0 Å². The third-order valence-corrected chi connectivity index (χ3v) is 5.02. The van der Waals surface area contributed by atoms with Gasteiger partial charge in [0.25, 0.3) is 0 Å². The van der Waals surface area contributed by atoms with Gasteiger partial charge in [-0.2, -0.15) is 12.6 Å². The van der Waals surface area contributed by atoms with Crippen molar-refractivity contribution in [2.45, 2.75) is 38.1 Å². The summed E-state index contributed by atoms with van der Waals surface area (Å²) >= 11 is 4.48. The average Bonchev–Trinajstić information content (AvgIpc) is 2.62. The number of piperidine rings is 1. The first-order chi connectivity index (χ1) is 6.31. The Hall–Kier alpha value is 0.310.